The van der Waals surface area contributed by atoms with Gasteiger partial charge in [-0.2, -0.15) is 0 Å². The fourth-order valence-electron chi connectivity index (χ4n) is 0.714. The number of carboxylic acid groups (broad SMARTS) is 3. The van der Waals surface area contributed by atoms with Crippen molar-refractivity contribution in [2.24, 2.45) is 0 Å². The molecule has 0 fully saturated rings. The van der Waals surface area contributed by atoms with Crippen LogP contribution >= 0.6 is 0 Å². The fourth-order valence-corrected chi connectivity index (χ4v) is 0.714. The third-order valence-electron chi connectivity index (χ3n) is 1.29. The number of hydrogen-bond donors (Lipinski definition) is 4. The van der Waals surface area contributed by atoms with E-state index in [1.165, 1.54) is 0 Å². The number of carboxylic acids is 3. The van der Waals surface area contributed by atoms with Gasteiger partial charge in [-0.1, -0.05) is 0 Å². The van der Waals surface area contributed by atoms with Crippen molar-refractivity contribution < 1.29 is 55.9 Å². The number of hydrogen-bond acceptors (Lipinski definition) is 5. The molecule has 0 aromatic rings. The second kappa shape index (κ2) is 7.10. The molecular formula is C6H8O8V+2. The first-order chi connectivity index (χ1) is 6.78. The van der Waals surface area contributed by atoms with Crippen LogP contribution in [0.2, 0.25) is 0 Å². The molecule has 0 heterocycles. The van der Waals surface area contributed by atoms with E-state index in [-0.39, 0.29) is 0 Å². The summed E-state index contributed by atoms with van der Waals surface area (Å²) >= 11 is 1.06. The van der Waals surface area contributed by atoms with Crippen LogP contribution in [0.5, 0.6) is 0 Å². The molecule has 0 aromatic heterocycles. The van der Waals surface area contributed by atoms with Crippen LogP contribution in [-0.2, 0) is 35.4 Å². The van der Waals surface area contributed by atoms with Crippen LogP contribution in [0.4, 0.5) is 0 Å². The zero-order valence-corrected chi connectivity index (χ0v) is 8.68. The van der Waals surface area contributed by atoms with Crippen LogP contribution in [0.3, 0.4) is 0 Å². The monoisotopic (exact) mass is 259 g/mol. The van der Waals surface area contributed by atoms with Gasteiger partial charge in [0.2, 0.25) is 0 Å². The Balaban J connectivity index is 0. The summed E-state index contributed by atoms with van der Waals surface area (Å²) in [7, 11) is 0. The zero-order valence-electron chi connectivity index (χ0n) is 7.28. The predicted octanol–water partition coefficient (Wildman–Crippen LogP) is -1.37. The molecule has 15 heavy (non-hydrogen) atoms. The molecule has 8 nitrogen and oxygen atoms in total. The summed E-state index contributed by atoms with van der Waals surface area (Å²) in [4.78, 5) is 30.5. The third-order valence-corrected chi connectivity index (χ3v) is 1.29. The Morgan fingerprint density at radius 2 is 1.20 bits per heavy atom. The van der Waals surface area contributed by atoms with Crippen LogP contribution in [-0.4, -0.2) is 43.9 Å². The zero-order chi connectivity index (χ0) is 12.6. The Labute approximate surface area is 92.7 Å². The Morgan fingerprint density at radius 1 is 0.933 bits per heavy atom. The molecule has 0 aliphatic rings. The summed E-state index contributed by atoms with van der Waals surface area (Å²) in [5.41, 5.74) is -2.74. The standard InChI is InChI=1S/C6H8O7.O.V/c7-3(8)1-6(13,5(11)12)2-4(9)10;;/h13H,1-2H2,(H,7,8)(H,9,10)(H,11,12);;/q;;+2. The van der Waals surface area contributed by atoms with Gasteiger partial charge in [0.05, 0.1) is 12.8 Å². The van der Waals surface area contributed by atoms with E-state index in [1.807, 2.05) is 0 Å². The van der Waals surface area contributed by atoms with Gasteiger partial charge < -0.3 is 20.4 Å². The first-order valence-electron chi connectivity index (χ1n) is 3.35. The Bertz CT molecular complexity index is 246. The average molecular weight is 259 g/mol. The van der Waals surface area contributed by atoms with E-state index in [9.17, 15) is 14.4 Å². The molecule has 0 aliphatic carbocycles. The molecule has 0 unspecified atom stereocenters. The maximum atomic E-state index is 10.3. The molecular weight excluding hydrogens is 251 g/mol. The van der Waals surface area contributed by atoms with Gasteiger partial charge in [-0.15, -0.1) is 0 Å². The van der Waals surface area contributed by atoms with Crippen molar-refractivity contribution in [2.75, 3.05) is 0 Å². The van der Waals surface area contributed by atoms with Crippen molar-refractivity contribution in [2.45, 2.75) is 18.4 Å². The summed E-state index contributed by atoms with van der Waals surface area (Å²) < 4.78 is 8.19. The molecule has 0 rings (SSSR count). The van der Waals surface area contributed by atoms with E-state index in [1.54, 1.807) is 0 Å². The summed E-state index contributed by atoms with van der Waals surface area (Å²) in [6, 6.07) is 0. The topological polar surface area (TPSA) is 149 Å². The van der Waals surface area contributed by atoms with E-state index in [2.05, 4.69) is 0 Å². The molecule has 0 aromatic carbocycles. The van der Waals surface area contributed by atoms with Crippen molar-refractivity contribution in [1.82, 2.24) is 0 Å². The molecule has 0 aliphatic heterocycles. The Hall–Kier alpha value is -1.25. The first kappa shape index (κ1) is 16.2. The summed E-state index contributed by atoms with van der Waals surface area (Å²) in [5.74, 6) is -5.02. The average Bonchev–Trinajstić information content (AvgIpc) is 2.04. The minimum absolute atomic E-state index is 1.06. The van der Waals surface area contributed by atoms with Crippen molar-refractivity contribution in [3.8, 4) is 0 Å². The summed E-state index contributed by atoms with van der Waals surface area (Å²) in [5, 5.41) is 33.8. The fraction of sp³-hybridized carbons (Fsp3) is 0.500. The molecule has 0 saturated heterocycles. The molecule has 9 heteroatoms. The van der Waals surface area contributed by atoms with E-state index in [0.717, 1.165) is 17.4 Å². The van der Waals surface area contributed by atoms with Gasteiger partial charge in [0, 0.05) is 0 Å². The van der Waals surface area contributed by atoms with Gasteiger partial charge in [0.1, 0.15) is 0 Å². The molecule has 0 spiro atoms. The molecule has 0 saturated carbocycles. The molecule has 0 atom stereocenters. The van der Waals surface area contributed by atoms with Gasteiger partial charge in [-0.25, -0.2) is 4.79 Å². The number of aliphatic carboxylic acids is 3. The second-order valence-corrected chi connectivity index (χ2v) is 2.48. The van der Waals surface area contributed by atoms with Crippen LogP contribution in [0.1, 0.15) is 12.8 Å². The second-order valence-electron chi connectivity index (χ2n) is 2.48. The Morgan fingerprint density at radius 3 is 1.33 bits per heavy atom. The van der Waals surface area contributed by atoms with Crippen molar-refractivity contribution in [1.29, 1.82) is 0 Å². The first-order valence-corrected chi connectivity index (χ1v) is 3.92. The van der Waals surface area contributed by atoms with Crippen molar-refractivity contribution in [3.63, 3.8) is 0 Å². The van der Waals surface area contributed by atoms with Crippen LogP contribution in [0, 0.1) is 0 Å². The molecule has 0 bridgehead atoms. The normalized spacial score (nSPS) is 9.80. The van der Waals surface area contributed by atoms with Gasteiger partial charge >= 0.3 is 39.0 Å². The van der Waals surface area contributed by atoms with Crippen molar-refractivity contribution in [3.05, 3.63) is 0 Å². The van der Waals surface area contributed by atoms with E-state index < -0.39 is 36.4 Å². The van der Waals surface area contributed by atoms with E-state index in [0.29, 0.717) is 0 Å². The minimum atomic E-state index is -2.74. The quantitative estimate of drug-likeness (QED) is 0.472. The predicted molar refractivity (Wildman–Crippen MR) is 37.8 cm³/mol. The Kier molecular flexibility index (Phi) is 7.67. The molecule has 83 valence electrons. The summed E-state index contributed by atoms with van der Waals surface area (Å²) in [6.45, 7) is 0. The van der Waals surface area contributed by atoms with E-state index in [4.69, 9.17) is 24.1 Å². The van der Waals surface area contributed by atoms with Gasteiger partial charge in [-0.3, -0.25) is 9.59 Å². The molecule has 0 amide bonds. The van der Waals surface area contributed by atoms with Gasteiger partial charge in [-0.05, 0) is 0 Å². The SMILES string of the molecule is O=C(O)CC(O)(CC(=O)O)C(=O)O.[O]=[V+2]. The maximum absolute atomic E-state index is 10.3. The molecule has 0 radical (unpaired) electrons. The van der Waals surface area contributed by atoms with Crippen molar-refractivity contribution >= 4 is 17.9 Å². The number of aliphatic hydroxyl groups is 1. The van der Waals surface area contributed by atoms with Crippen LogP contribution in [0.25, 0.3) is 0 Å². The molecule has 4 N–H and O–H groups in total. The number of rotatable bonds is 5. The van der Waals surface area contributed by atoms with E-state index >= 15 is 0 Å². The number of carbonyl (C=O) groups is 3. The van der Waals surface area contributed by atoms with Crippen LogP contribution < -0.4 is 0 Å². The third kappa shape index (κ3) is 6.78. The van der Waals surface area contributed by atoms with Gasteiger partial charge in [0.15, 0.2) is 5.60 Å². The summed E-state index contributed by atoms with van der Waals surface area (Å²) in [6.07, 6.45) is -2.29. The van der Waals surface area contributed by atoms with Crippen LogP contribution in [0.15, 0.2) is 0 Å². The van der Waals surface area contributed by atoms with Gasteiger partial charge in [0.25, 0.3) is 0 Å².